The molecule has 0 atom stereocenters. The lowest BCUT2D eigenvalue weighted by Gasteiger charge is -2.07. The third-order valence-corrected chi connectivity index (χ3v) is 2.54. The number of fused-ring (bicyclic) bond motifs is 1. The van der Waals surface area contributed by atoms with Crippen molar-refractivity contribution in [2.45, 2.75) is 0 Å². The van der Waals surface area contributed by atoms with Crippen LogP contribution in [-0.4, -0.2) is 23.2 Å². The van der Waals surface area contributed by atoms with E-state index in [-0.39, 0.29) is 22.0 Å². The third-order valence-electron chi connectivity index (χ3n) is 2.23. The van der Waals surface area contributed by atoms with Crippen LogP contribution in [0.15, 0.2) is 18.2 Å². The molecule has 1 aromatic carbocycles. The van der Waals surface area contributed by atoms with Crippen molar-refractivity contribution >= 4 is 28.5 Å². The van der Waals surface area contributed by atoms with E-state index in [1.54, 1.807) is 0 Å². The molecule has 6 heteroatoms. The summed E-state index contributed by atoms with van der Waals surface area (Å²) < 4.78 is 18.2. The summed E-state index contributed by atoms with van der Waals surface area (Å²) in [6, 6.07) is 3.47. The fourth-order valence-corrected chi connectivity index (χ4v) is 1.73. The van der Waals surface area contributed by atoms with Crippen molar-refractivity contribution < 1.29 is 19.0 Å². The molecule has 0 aliphatic heterocycles. The number of carboxylic acid groups (broad SMARTS) is 1. The Balaban J connectivity index is 2.86. The van der Waals surface area contributed by atoms with Gasteiger partial charge in [-0.2, -0.15) is 0 Å². The van der Waals surface area contributed by atoms with Gasteiger partial charge < -0.3 is 9.84 Å². The number of aromatic carboxylic acids is 1. The Hall–Kier alpha value is -1.88. The van der Waals surface area contributed by atoms with Crippen LogP contribution in [0.2, 0.25) is 5.02 Å². The van der Waals surface area contributed by atoms with Gasteiger partial charge in [-0.25, -0.2) is 14.2 Å². The molecule has 0 aliphatic carbocycles. The lowest BCUT2D eigenvalue weighted by atomic mass is 10.2. The lowest BCUT2D eigenvalue weighted by molar-refractivity contribution is 0.0691. The Morgan fingerprint density at radius 2 is 2.18 bits per heavy atom. The number of methoxy groups -OCH3 is 1. The summed E-state index contributed by atoms with van der Waals surface area (Å²) in [5.74, 6) is -1.59. The molecule has 2 rings (SSSR count). The molecule has 0 fully saturated rings. The maximum absolute atomic E-state index is 13.2. The molecule has 1 aromatic heterocycles. The molecule has 0 bridgehead atoms. The van der Waals surface area contributed by atoms with E-state index in [4.69, 9.17) is 21.4 Å². The van der Waals surface area contributed by atoms with Crippen molar-refractivity contribution in [3.05, 3.63) is 34.7 Å². The zero-order chi connectivity index (χ0) is 12.6. The number of rotatable bonds is 2. The minimum atomic E-state index is -1.21. The van der Waals surface area contributed by atoms with Crippen LogP contribution >= 0.6 is 11.6 Å². The predicted octanol–water partition coefficient (Wildman–Crippen LogP) is 2.73. The number of hydrogen-bond donors (Lipinski definition) is 1. The fraction of sp³-hybridized carbons (Fsp3) is 0.0909. The number of carbonyl (C=O) groups is 1. The molecular formula is C11H7ClFNO3. The average molecular weight is 256 g/mol. The maximum Gasteiger partial charge on any atom is 0.354 e. The van der Waals surface area contributed by atoms with Crippen LogP contribution in [0.3, 0.4) is 0 Å². The molecule has 0 spiro atoms. The molecule has 2 aromatic rings. The molecule has 17 heavy (non-hydrogen) atoms. The highest BCUT2D eigenvalue weighted by atomic mass is 35.5. The van der Waals surface area contributed by atoms with Gasteiger partial charge in [0.05, 0.1) is 12.1 Å². The molecule has 0 saturated heterocycles. The van der Waals surface area contributed by atoms with Crippen LogP contribution in [0.5, 0.6) is 5.75 Å². The largest absolute Gasteiger partial charge is 0.494 e. The highest BCUT2D eigenvalue weighted by Crippen LogP contribution is 2.30. The molecule has 0 amide bonds. The van der Waals surface area contributed by atoms with E-state index in [0.717, 1.165) is 6.07 Å². The summed E-state index contributed by atoms with van der Waals surface area (Å²) in [4.78, 5) is 14.7. The summed E-state index contributed by atoms with van der Waals surface area (Å²) >= 11 is 5.88. The Kier molecular flexibility index (Phi) is 2.85. The van der Waals surface area contributed by atoms with E-state index in [2.05, 4.69) is 4.98 Å². The number of hydrogen-bond acceptors (Lipinski definition) is 3. The quantitative estimate of drug-likeness (QED) is 0.896. The van der Waals surface area contributed by atoms with Crippen LogP contribution < -0.4 is 4.74 Å². The lowest BCUT2D eigenvalue weighted by Crippen LogP contribution is -2.01. The Morgan fingerprint density at radius 1 is 1.47 bits per heavy atom. The molecule has 0 aliphatic rings. The van der Waals surface area contributed by atoms with Crippen molar-refractivity contribution in [1.82, 2.24) is 4.98 Å². The molecule has 1 N–H and O–H groups in total. The number of carboxylic acids is 1. The maximum atomic E-state index is 13.2. The monoisotopic (exact) mass is 255 g/mol. The van der Waals surface area contributed by atoms with E-state index in [0.29, 0.717) is 5.39 Å². The van der Waals surface area contributed by atoms with Gasteiger partial charge in [0.2, 0.25) is 0 Å². The number of halogens is 2. The topological polar surface area (TPSA) is 59.4 Å². The first-order valence-corrected chi connectivity index (χ1v) is 4.98. The number of benzene rings is 1. The van der Waals surface area contributed by atoms with E-state index in [9.17, 15) is 9.18 Å². The van der Waals surface area contributed by atoms with Gasteiger partial charge in [-0.05, 0) is 12.1 Å². The van der Waals surface area contributed by atoms with Gasteiger partial charge in [-0.3, -0.25) is 0 Å². The van der Waals surface area contributed by atoms with Crippen molar-refractivity contribution in [1.29, 1.82) is 0 Å². The third kappa shape index (κ3) is 2.01. The van der Waals surface area contributed by atoms with Gasteiger partial charge >= 0.3 is 5.97 Å². The second-order valence-electron chi connectivity index (χ2n) is 3.30. The number of nitrogens with zero attached hydrogens (tertiary/aromatic N) is 1. The molecule has 0 unspecified atom stereocenters. The van der Waals surface area contributed by atoms with E-state index >= 15 is 0 Å². The van der Waals surface area contributed by atoms with E-state index in [1.165, 1.54) is 19.2 Å². The van der Waals surface area contributed by atoms with Gasteiger partial charge in [0.25, 0.3) is 0 Å². The van der Waals surface area contributed by atoms with Gasteiger partial charge in [0.15, 0.2) is 5.69 Å². The van der Waals surface area contributed by atoms with Crippen molar-refractivity contribution in [3.63, 3.8) is 0 Å². The van der Waals surface area contributed by atoms with Crippen molar-refractivity contribution in [2.24, 2.45) is 0 Å². The van der Waals surface area contributed by atoms with Gasteiger partial charge in [-0.15, -0.1) is 0 Å². The minimum Gasteiger partial charge on any atom is -0.494 e. The zero-order valence-electron chi connectivity index (χ0n) is 8.70. The molecule has 88 valence electrons. The van der Waals surface area contributed by atoms with E-state index < -0.39 is 11.8 Å². The fourth-order valence-electron chi connectivity index (χ4n) is 1.49. The summed E-state index contributed by atoms with van der Waals surface area (Å²) in [6.45, 7) is 0. The van der Waals surface area contributed by atoms with Crippen LogP contribution in [0, 0.1) is 5.82 Å². The van der Waals surface area contributed by atoms with Crippen LogP contribution in [0.4, 0.5) is 4.39 Å². The molecule has 1 heterocycles. The highest BCUT2D eigenvalue weighted by Gasteiger charge is 2.14. The summed E-state index contributed by atoms with van der Waals surface area (Å²) in [5, 5.41) is 9.28. The van der Waals surface area contributed by atoms with Crippen molar-refractivity contribution in [2.75, 3.05) is 7.11 Å². The summed E-state index contributed by atoms with van der Waals surface area (Å²) in [5.41, 5.74) is 0.00575. The van der Waals surface area contributed by atoms with Crippen LogP contribution in [-0.2, 0) is 0 Å². The average Bonchev–Trinajstić information content (AvgIpc) is 2.28. The number of aromatic nitrogens is 1. The Morgan fingerprint density at radius 3 is 2.76 bits per heavy atom. The number of pyridine rings is 1. The van der Waals surface area contributed by atoms with Crippen LogP contribution in [0.25, 0.3) is 10.9 Å². The SMILES string of the molecule is COc1cc(F)cc2c(Cl)cc(C(=O)O)nc12. The van der Waals surface area contributed by atoms with Gasteiger partial charge in [0, 0.05) is 11.5 Å². The van der Waals surface area contributed by atoms with Crippen LogP contribution in [0.1, 0.15) is 10.5 Å². The van der Waals surface area contributed by atoms with Gasteiger partial charge in [0.1, 0.15) is 17.1 Å². The minimum absolute atomic E-state index is 0.116. The highest BCUT2D eigenvalue weighted by molar-refractivity contribution is 6.35. The Bertz CT molecular complexity index is 615. The standard InChI is InChI=1S/C11H7ClFNO3/c1-17-9-3-5(13)2-6-7(12)4-8(11(15)16)14-10(6)9/h2-4H,1H3,(H,15,16). The normalized spacial score (nSPS) is 10.5. The molecule has 0 saturated carbocycles. The molecule has 0 radical (unpaired) electrons. The zero-order valence-corrected chi connectivity index (χ0v) is 9.45. The first-order valence-electron chi connectivity index (χ1n) is 4.60. The van der Waals surface area contributed by atoms with Crippen molar-refractivity contribution in [3.8, 4) is 5.75 Å². The first kappa shape index (κ1) is 11.6. The molecular weight excluding hydrogens is 249 g/mol. The van der Waals surface area contributed by atoms with E-state index in [1.807, 2.05) is 0 Å². The first-order chi connectivity index (χ1) is 8.02. The second-order valence-corrected chi connectivity index (χ2v) is 3.71. The second kappa shape index (κ2) is 4.18. The predicted molar refractivity (Wildman–Crippen MR) is 60.2 cm³/mol. The van der Waals surface area contributed by atoms with Gasteiger partial charge in [-0.1, -0.05) is 11.6 Å². The summed E-state index contributed by atoms with van der Waals surface area (Å²) in [6.07, 6.45) is 0. The molecule has 4 nitrogen and oxygen atoms in total. The number of ether oxygens (including phenoxy) is 1. The summed E-state index contributed by atoms with van der Waals surface area (Å²) in [7, 11) is 1.34. The Labute approximate surface area is 101 Å². The smallest absolute Gasteiger partial charge is 0.354 e.